The van der Waals surface area contributed by atoms with Crippen molar-refractivity contribution in [2.45, 2.75) is 76.8 Å². The summed E-state index contributed by atoms with van der Waals surface area (Å²) >= 11 is 0. The molecule has 0 unspecified atom stereocenters. The molecule has 5 rings (SSSR count). The molecule has 7 heteroatoms. The van der Waals surface area contributed by atoms with Crippen LogP contribution in [0.5, 0.6) is 0 Å². The van der Waals surface area contributed by atoms with Crippen LogP contribution in [0.1, 0.15) is 38.3 Å². The average molecular weight is 482 g/mol. The van der Waals surface area contributed by atoms with E-state index in [4.69, 9.17) is 23.7 Å². The average Bonchev–Trinajstić information content (AvgIpc) is 3.49. The minimum atomic E-state index is -0.755. The molecular formula is C28H35NO6. The van der Waals surface area contributed by atoms with Crippen LogP contribution in [0.15, 0.2) is 60.7 Å². The van der Waals surface area contributed by atoms with E-state index < -0.39 is 18.2 Å². The maximum absolute atomic E-state index is 13.0. The van der Waals surface area contributed by atoms with Crippen LogP contribution in [0.4, 0.5) is 0 Å². The van der Waals surface area contributed by atoms with Crippen LogP contribution < -0.4 is 0 Å². The molecule has 0 spiro atoms. The van der Waals surface area contributed by atoms with Gasteiger partial charge in [0.2, 0.25) is 0 Å². The molecule has 3 aliphatic heterocycles. The number of hydrogen-bond donors (Lipinski definition) is 0. The first-order valence-electron chi connectivity index (χ1n) is 12.6. The highest BCUT2D eigenvalue weighted by atomic mass is 16.8. The molecule has 3 saturated heterocycles. The van der Waals surface area contributed by atoms with Gasteiger partial charge in [-0.2, -0.15) is 0 Å². The van der Waals surface area contributed by atoms with Crippen LogP contribution in [0.2, 0.25) is 0 Å². The first-order valence-corrected chi connectivity index (χ1v) is 12.6. The number of ether oxygens (including phenoxy) is 5. The third-order valence-electron chi connectivity index (χ3n) is 7.03. The third-order valence-corrected chi connectivity index (χ3v) is 7.03. The van der Waals surface area contributed by atoms with Gasteiger partial charge in [-0.05, 0) is 44.9 Å². The topological polar surface area (TPSA) is 66.5 Å². The van der Waals surface area contributed by atoms with Gasteiger partial charge in [-0.1, -0.05) is 60.7 Å². The number of fused-ring (bicyclic) bond motifs is 1. The molecule has 2 aromatic rings. The van der Waals surface area contributed by atoms with Crippen LogP contribution in [0.3, 0.4) is 0 Å². The molecule has 2 aromatic carbocycles. The van der Waals surface area contributed by atoms with E-state index in [0.717, 1.165) is 18.7 Å². The second kappa shape index (κ2) is 10.4. The van der Waals surface area contributed by atoms with Crippen molar-refractivity contribution in [1.82, 2.24) is 4.90 Å². The number of hydrogen-bond acceptors (Lipinski definition) is 7. The molecule has 0 N–H and O–H groups in total. The van der Waals surface area contributed by atoms with E-state index in [9.17, 15) is 4.79 Å². The SMILES string of the molecule is CCOC(=O)[C@H]1CCN(Cc2ccccc2)[C@H]1[C@H]1O[C@@H]2OC(C)(C)O[C@@H]2[C@H]1OCc1ccccc1. The maximum atomic E-state index is 13.0. The second-order valence-corrected chi connectivity index (χ2v) is 9.92. The predicted molar refractivity (Wildman–Crippen MR) is 129 cm³/mol. The third kappa shape index (κ3) is 5.29. The fourth-order valence-corrected chi connectivity index (χ4v) is 5.56. The zero-order valence-corrected chi connectivity index (χ0v) is 20.7. The van der Waals surface area contributed by atoms with Crippen LogP contribution in [-0.4, -0.2) is 60.5 Å². The molecule has 3 fully saturated rings. The van der Waals surface area contributed by atoms with E-state index in [1.165, 1.54) is 5.56 Å². The van der Waals surface area contributed by atoms with E-state index in [1.54, 1.807) is 0 Å². The van der Waals surface area contributed by atoms with Gasteiger partial charge in [0.05, 0.1) is 25.2 Å². The maximum Gasteiger partial charge on any atom is 0.310 e. The normalized spacial score (nSPS) is 32.0. The Labute approximate surface area is 207 Å². The van der Waals surface area contributed by atoms with Gasteiger partial charge in [-0.25, -0.2) is 0 Å². The highest BCUT2D eigenvalue weighted by molar-refractivity contribution is 5.74. The lowest BCUT2D eigenvalue weighted by Gasteiger charge is -2.36. The van der Waals surface area contributed by atoms with Gasteiger partial charge >= 0.3 is 5.97 Å². The lowest BCUT2D eigenvalue weighted by molar-refractivity contribution is -0.227. The lowest BCUT2D eigenvalue weighted by atomic mass is 9.91. The summed E-state index contributed by atoms with van der Waals surface area (Å²) in [5.41, 5.74) is 2.26. The van der Waals surface area contributed by atoms with Gasteiger partial charge in [0.25, 0.3) is 0 Å². The first-order chi connectivity index (χ1) is 16.9. The van der Waals surface area contributed by atoms with Gasteiger partial charge in [0, 0.05) is 6.54 Å². The molecule has 0 aromatic heterocycles. The fraction of sp³-hybridized carbons (Fsp3) is 0.536. The Kier molecular flexibility index (Phi) is 7.23. The Balaban J connectivity index is 1.43. The van der Waals surface area contributed by atoms with Crippen LogP contribution >= 0.6 is 0 Å². The molecular weight excluding hydrogens is 446 g/mol. The number of rotatable bonds is 8. The summed E-state index contributed by atoms with van der Waals surface area (Å²) in [7, 11) is 0. The van der Waals surface area contributed by atoms with E-state index in [0.29, 0.717) is 19.6 Å². The first kappa shape index (κ1) is 24.4. The Hall–Kier alpha value is -2.29. The molecule has 6 atom stereocenters. The smallest absolute Gasteiger partial charge is 0.310 e. The molecule has 35 heavy (non-hydrogen) atoms. The van der Waals surface area contributed by atoms with E-state index >= 15 is 0 Å². The van der Waals surface area contributed by atoms with E-state index in [1.807, 2.05) is 69.3 Å². The summed E-state index contributed by atoms with van der Waals surface area (Å²) in [6.07, 6.45) is -0.992. The van der Waals surface area contributed by atoms with Crippen molar-refractivity contribution in [1.29, 1.82) is 0 Å². The van der Waals surface area contributed by atoms with Crippen molar-refractivity contribution < 1.29 is 28.5 Å². The molecule has 188 valence electrons. The molecule has 0 aliphatic carbocycles. The number of esters is 1. The van der Waals surface area contributed by atoms with Gasteiger partial charge in [-0.3, -0.25) is 9.69 Å². The minimum Gasteiger partial charge on any atom is -0.466 e. The Morgan fingerprint density at radius 3 is 2.37 bits per heavy atom. The van der Waals surface area contributed by atoms with Gasteiger partial charge in [0.15, 0.2) is 12.1 Å². The Bertz CT molecular complexity index is 983. The van der Waals surface area contributed by atoms with Crippen molar-refractivity contribution >= 4 is 5.97 Å². The van der Waals surface area contributed by atoms with Gasteiger partial charge in [-0.15, -0.1) is 0 Å². The number of benzene rings is 2. The fourth-order valence-electron chi connectivity index (χ4n) is 5.56. The van der Waals surface area contributed by atoms with Gasteiger partial charge < -0.3 is 23.7 Å². The zero-order chi connectivity index (χ0) is 24.4. The van der Waals surface area contributed by atoms with E-state index in [-0.39, 0.29) is 30.1 Å². The van der Waals surface area contributed by atoms with Gasteiger partial charge in [0.1, 0.15) is 18.3 Å². The molecule has 0 amide bonds. The number of carbonyl (C=O) groups is 1. The Morgan fingerprint density at radius 1 is 1.00 bits per heavy atom. The number of carbonyl (C=O) groups excluding carboxylic acids is 1. The Morgan fingerprint density at radius 2 is 1.69 bits per heavy atom. The molecule has 0 radical (unpaired) electrons. The second-order valence-electron chi connectivity index (χ2n) is 9.92. The predicted octanol–water partition coefficient (Wildman–Crippen LogP) is 3.90. The summed E-state index contributed by atoms with van der Waals surface area (Å²) < 4.78 is 30.8. The summed E-state index contributed by atoms with van der Waals surface area (Å²) in [5, 5.41) is 0. The van der Waals surface area contributed by atoms with Crippen molar-refractivity contribution in [3.63, 3.8) is 0 Å². The van der Waals surface area contributed by atoms with E-state index in [2.05, 4.69) is 17.0 Å². The standard InChI is InChI=1S/C28H35NO6/c1-4-31-26(30)21-15-16-29(17-19-11-7-5-8-12-19)22(21)23-24(32-18-20-13-9-6-10-14-20)25-27(33-23)35-28(2,3)34-25/h5-14,21-25,27H,4,15-18H2,1-3H3/t21-,22+,23+,24-,25+,27+/m0/s1. The summed E-state index contributed by atoms with van der Waals surface area (Å²) in [5.74, 6) is -1.25. The lowest BCUT2D eigenvalue weighted by Crippen LogP contribution is -2.51. The van der Waals surface area contributed by atoms with Crippen molar-refractivity contribution in [2.24, 2.45) is 5.92 Å². The number of nitrogens with zero attached hydrogens (tertiary/aromatic N) is 1. The largest absolute Gasteiger partial charge is 0.466 e. The summed E-state index contributed by atoms with van der Waals surface area (Å²) in [6.45, 7) is 7.88. The highest BCUT2D eigenvalue weighted by Gasteiger charge is 2.60. The molecule has 3 aliphatic rings. The minimum absolute atomic E-state index is 0.183. The molecule has 0 saturated carbocycles. The monoisotopic (exact) mass is 481 g/mol. The van der Waals surface area contributed by atoms with Crippen molar-refractivity contribution in [3.8, 4) is 0 Å². The van der Waals surface area contributed by atoms with Crippen LogP contribution in [0.25, 0.3) is 0 Å². The molecule has 7 nitrogen and oxygen atoms in total. The van der Waals surface area contributed by atoms with Crippen molar-refractivity contribution in [3.05, 3.63) is 71.8 Å². The molecule has 3 heterocycles. The van der Waals surface area contributed by atoms with Crippen LogP contribution in [0, 0.1) is 5.92 Å². The summed E-state index contributed by atoms with van der Waals surface area (Å²) in [6, 6.07) is 20.2. The quantitative estimate of drug-likeness (QED) is 0.530. The summed E-state index contributed by atoms with van der Waals surface area (Å²) in [4.78, 5) is 15.4. The van der Waals surface area contributed by atoms with Crippen LogP contribution in [-0.2, 0) is 41.6 Å². The zero-order valence-electron chi connectivity index (χ0n) is 20.7. The van der Waals surface area contributed by atoms with Crippen molar-refractivity contribution in [2.75, 3.05) is 13.2 Å². The number of likely N-dealkylation sites (tertiary alicyclic amines) is 1. The highest BCUT2D eigenvalue weighted by Crippen LogP contribution is 2.44. The molecule has 0 bridgehead atoms.